The van der Waals surface area contributed by atoms with Gasteiger partial charge < -0.3 is 9.64 Å². The first-order valence-electron chi connectivity index (χ1n) is 8.58. The Morgan fingerprint density at radius 1 is 1.08 bits per heavy atom. The molecule has 1 saturated heterocycles. The SMILES string of the molecule is Cc1ccc(OCCN2CCN(C(=O)c3cccc(Cl)c3)CC2)cc1. The van der Waals surface area contributed by atoms with Crippen LogP contribution in [0.1, 0.15) is 15.9 Å². The number of halogens is 1. The van der Waals surface area contributed by atoms with Crippen molar-refractivity contribution in [1.29, 1.82) is 0 Å². The first-order chi connectivity index (χ1) is 12.1. The predicted molar refractivity (Wildman–Crippen MR) is 100 cm³/mol. The van der Waals surface area contributed by atoms with Crippen molar-refractivity contribution in [3.63, 3.8) is 0 Å². The number of amides is 1. The Morgan fingerprint density at radius 2 is 1.80 bits per heavy atom. The normalized spacial score (nSPS) is 15.2. The third-order valence-electron chi connectivity index (χ3n) is 4.43. The summed E-state index contributed by atoms with van der Waals surface area (Å²) in [6.45, 7) is 6.78. The molecule has 0 unspecified atom stereocenters. The lowest BCUT2D eigenvalue weighted by molar-refractivity contribution is 0.0620. The van der Waals surface area contributed by atoms with Crippen LogP contribution in [0.4, 0.5) is 0 Å². The standard InChI is InChI=1S/C20H23ClN2O2/c1-16-5-7-19(8-6-16)25-14-13-22-9-11-23(12-10-22)20(24)17-3-2-4-18(21)15-17/h2-8,15H,9-14H2,1H3. The van der Waals surface area contributed by atoms with Gasteiger partial charge in [0, 0.05) is 43.3 Å². The van der Waals surface area contributed by atoms with Crippen molar-refractivity contribution in [2.24, 2.45) is 0 Å². The second kappa shape index (κ2) is 8.37. The second-order valence-corrected chi connectivity index (χ2v) is 6.74. The van der Waals surface area contributed by atoms with Gasteiger partial charge in [-0.05, 0) is 37.3 Å². The maximum atomic E-state index is 12.5. The molecule has 132 valence electrons. The lowest BCUT2D eigenvalue weighted by Crippen LogP contribution is -2.49. The summed E-state index contributed by atoms with van der Waals surface area (Å²) >= 11 is 5.97. The largest absolute Gasteiger partial charge is 0.492 e. The molecule has 0 N–H and O–H groups in total. The van der Waals surface area contributed by atoms with E-state index in [2.05, 4.69) is 24.0 Å². The second-order valence-electron chi connectivity index (χ2n) is 6.31. The van der Waals surface area contributed by atoms with Gasteiger partial charge in [0.1, 0.15) is 12.4 Å². The van der Waals surface area contributed by atoms with E-state index < -0.39 is 0 Å². The summed E-state index contributed by atoms with van der Waals surface area (Å²) in [4.78, 5) is 16.7. The van der Waals surface area contributed by atoms with Crippen molar-refractivity contribution in [3.05, 3.63) is 64.7 Å². The zero-order chi connectivity index (χ0) is 17.6. The summed E-state index contributed by atoms with van der Waals surface area (Å²) in [6.07, 6.45) is 0. The van der Waals surface area contributed by atoms with Crippen molar-refractivity contribution in [3.8, 4) is 5.75 Å². The van der Waals surface area contributed by atoms with Gasteiger partial charge in [0.15, 0.2) is 0 Å². The minimum Gasteiger partial charge on any atom is -0.492 e. The molecule has 5 heteroatoms. The number of piperazine rings is 1. The minimum atomic E-state index is 0.0538. The number of ether oxygens (including phenoxy) is 1. The first kappa shape index (κ1) is 17.8. The van der Waals surface area contributed by atoms with Gasteiger partial charge in [-0.3, -0.25) is 9.69 Å². The summed E-state index contributed by atoms with van der Waals surface area (Å²) in [6, 6.07) is 15.2. The fraction of sp³-hybridized carbons (Fsp3) is 0.350. The van der Waals surface area contributed by atoms with Gasteiger partial charge in [0.05, 0.1) is 0 Å². The monoisotopic (exact) mass is 358 g/mol. The number of nitrogens with zero attached hydrogens (tertiary/aromatic N) is 2. The summed E-state index contributed by atoms with van der Waals surface area (Å²) in [5.41, 5.74) is 1.89. The average molecular weight is 359 g/mol. The van der Waals surface area contributed by atoms with Crippen molar-refractivity contribution < 1.29 is 9.53 Å². The lowest BCUT2D eigenvalue weighted by Gasteiger charge is -2.34. The minimum absolute atomic E-state index is 0.0538. The maximum Gasteiger partial charge on any atom is 0.253 e. The Morgan fingerprint density at radius 3 is 2.48 bits per heavy atom. The average Bonchev–Trinajstić information content (AvgIpc) is 2.63. The third-order valence-corrected chi connectivity index (χ3v) is 4.66. The summed E-state index contributed by atoms with van der Waals surface area (Å²) in [5, 5.41) is 0.595. The van der Waals surface area contributed by atoms with E-state index in [0.29, 0.717) is 17.2 Å². The molecule has 0 atom stereocenters. The highest BCUT2D eigenvalue weighted by atomic mass is 35.5. The smallest absolute Gasteiger partial charge is 0.253 e. The molecule has 0 aliphatic carbocycles. The van der Waals surface area contributed by atoms with Crippen molar-refractivity contribution in [2.75, 3.05) is 39.3 Å². The van der Waals surface area contributed by atoms with Crippen molar-refractivity contribution in [2.45, 2.75) is 6.92 Å². The molecule has 0 bridgehead atoms. The number of benzene rings is 2. The third kappa shape index (κ3) is 4.97. The molecule has 0 spiro atoms. The van der Waals surface area contributed by atoms with E-state index in [-0.39, 0.29) is 5.91 Å². The molecule has 0 aromatic heterocycles. The van der Waals surface area contributed by atoms with E-state index in [1.165, 1.54) is 5.56 Å². The molecule has 1 amide bonds. The number of hydrogen-bond acceptors (Lipinski definition) is 3. The van der Waals surface area contributed by atoms with Crippen LogP contribution < -0.4 is 4.74 Å². The lowest BCUT2D eigenvalue weighted by atomic mass is 10.2. The molecular formula is C20H23ClN2O2. The molecule has 1 fully saturated rings. The van der Waals surface area contributed by atoms with Crippen LogP contribution in [0.2, 0.25) is 5.02 Å². The summed E-state index contributed by atoms with van der Waals surface area (Å²) in [5.74, 6) is 0.957. The molecule has 1 aliphatic heterocycles. The molecule has 1 aliphatic rings. The summed E-state index contributed by atoms with van der Waals surface area (Å²) in [7, 11) is 0. The topological polar surface area (TPSA) is 32.8 Å². The molecule has 0 radical (unpaired) electrons. The van der Waals surface area contributed by atoms with Gasteiger partial charge >= 0.3 is 0 Å². The Labute approximate surface area is 154 Å². The Kier molecular flexibility index (Phi) is 5.95. The van der Waals surface area contributed by atoms with E-state index in [1.54, 1.807) is 12.1 Å². The van der Waals surface area contributed by atoms with E-state index in [9.17, 15) is 4.79 Å². The van der Waals surface area contributed by atoms with Crippen LogP contribution in [0.25, 0.3) is 0 Å². The molecule has 4 nitrogen and oxygen atoms in total. The van der Waals surface area contributed by atoms with E-state index in [0.717, 1.165) is 38.5 Å². The highest BCUT2D eigenvalue weighted by molar-refractivity contribution is 6.30. The van der Waals surface area contributed by atoms with E-state index in [4.69, 9.17) is 16.3 Å². The molecule has 2 aromatic carbocycles. The number of hydrogen-bond donors (Lipinski definition) is 0. The van der Waals surface area contributed by atoms with Crippen LogP contribution in [-0.2, 0) is 0 Å². The fourth-order valence-electron chi connectivity index (χ4n) is 2.91. The Balaban J connectivity index is 1.42. The van der Waals surface area contributed by atoms with Crippen LogP contribution in [0.3, 0.4) is 0 Å². The van der Waals surface area contributed by atoms with Crippen LogP contribution in [0, 0.1) is 6.92 Å². The quantitative estimate of drug-likeness (QED) is 0.820. The number of carbonyl (C=O) groups excluding carboxylic acids is 1. The fourth-order valence-corrected chi connectivity index (χ4v) is 3.10. The van der Waals surface area contributed by atoms with Gasteiger partial charge in [-0.15, -0.1) is 0 Å². The van der Waals surface area contributed by atoms with E-state index >= 15 is 0 Å². The van der Waals surface area contributed by atoms with Crippen molar-refractivity contribution >= 4 is 17.5 Å². The first-order valence-corrected chi connectivity index (χ1v) is 8.96. The van der Waals surface area contributed by atoms with Crippen LogP contribution in [-0.4, -0.2) is 55.0 Å². The highest BCUT2D eigenvalue weighted by Crippen LogP contribution is 2.15. The molecule has 2 aromatic rings. The van der Waals surface area contributed by atoms with Crippen LogP contribution in [0.5, 0.6) is 5.75 Å². The summed E-state index contributed by atoms with van der Waals surface area (Å²) < 4.78 is 5.78. The Hall–Kier alpha value is -2.04. The zero-order valence-corrected chi connectivity index (χ0v) is 15.2. The predicted octanol–water partition coefficient (Wildman–Crippen LogP) is 3.49. The molecule has 1 heterocycles. The number of rotatable bonds is 5. The number of carbonyl (C=O) groups is 1. The molecule has 3 rings (SSSR count). The van der Waals surface area contributed by atoms with Gasteiger partial charge in [-0.1, -0.05) is 35.4 Å². The van der Waals surface area contributed by atoms with E-state index in [1.807, 2.05) is 29.2 Å². The zero-order valence-electron chi connectivity index (χ0n) is 14.5. The van der Waals surface area contributed by atoms with Crippen molar-refractivity contribution in [1.82, 2.24) is 9.80 Å². The molecule has 0 saturated carbocycles. The van der Waals surface area contributed by atoms with Crippen LogP contribution >= 0.6 is 11.6 Å². The van der Waals surface area contributed by atoms with Gasteiger partial charge in [-0.25, -0.2) is 0 Å². The highest BCUT2D eigenvalue weighted by Gasteiger charge is 2.22. The van der Waals surface area contributed by atoms with Gasteiger partial charge in [0.25, 0.3) is 5.91 Å². The molecular weight excluding hydrogens is 336 g/mol. The molecule has 25 heavy (non-hydrogen) atoms. The van der Waals surface area contributed by atoms with Crippen LogP contribution in [0.15, 0.2) is 48.5 Å². The van der Waals surface area contributed by atoms with Gasteiger partial charge in [0.2, 0.25) is 0 Å². The number of aryl methyl sites for hydroxylation is 1. The van der Waals surface area contributed by atoms with Gasteiger partial charge in [-0.2, -0.15) is 0 Å². The Bertz CT molecular complexity index is 710. The maximum absolute atomic E-state index is 12.5.